The average molecular weight is 476 g/mol. The molecule has 2 aromatic carbocycles. The lowest BCUT2D eigenvalue weighted by atomic mass is 10.1. The first-order valence-electron chi connectivity index (χ1n) is 10.8. The Morgan fingerprint density at radius 3 is 2.80 bits per heavy atom. The summed E-state index contributed by atoms with van der Waals surface area (Å²) < 4.78 is 23.4. The van der Waals surface area contributed by atoms with Crippen LogP contribution in [0.3, 0.4) is 0 Å². The molecule has 0 aliphatic carbocycles. The first kappa shape index (κ1) is 22.3. The zero-order valence-electron chi connectivity index (χ0n) is 18.6. The number of halogens is 1. The molecule has 3 heterocycles. The molecule has 3 N–H and O–H groups in total. The molecule has 1 unspecified atom stereocenters. The van der Waals surface area contributed by atoms with Crippen molar-refractivity contribution in [2.24, 2.45) is 0 Å². The molecule has 0 saturated carbocycles. The number of amides is 1. The van der Waals surface area contributed by atoms with Crippen LogP contribution in [0.1, 0.15) is 18.6 Å². The SMILES string of the molecule is CC(Oc1cc2cc(F)ccc2nc1NC(=O)O)c1cc2c(cnn2CCO)cc1-n1cccn1. The number of rotatable bonds is 7. The largest absolute Gasteiger partial charge is 0.482 e. The highest BCUT2D eigenvalue weighted by Gasteiger charge is 2.20. The maximum Gasteiger partial charge on any atom is 0.410 e. The maximum atomic E-state index is 13.8. The first-order valence-corrected chi connectivity index (χ1v) is 10.8. The van der Waals surface area contributed by atoms with Crippen molar-refractivity contribution >= 4 is 33.7 Å². The summed E-state index contributed by atoms with van der Waals surface area (Å²) in [5.41, 5.74) is 2.69. The van der Waals surface area contributed by atoms with Gasteiger partial charge in [-0.25, -0.2) is 18.9 Å². The van der Waals surface area contributed by atoms with E-state index in [4.69, 9.17) is 4.74 Å². The molecule has 11 heteroatoms. The number of fused-ring (bicyclic) bond motifs is 2. The van der Waals surface area contributed by atoms with Gasteiger partial charge in [0.25, 0.3) is 0 Å². The number of carboxylic acid groups (broad SMARTS) is 1. The molecule has 0 radical (unpaired) electrons. The molecule has 5 rings (SSSR count). The number of hydrogen-bond acceptors (Lipinski definition) is 6. The van der Waals surface area contributed by atoms with Gasteiger partial charge in [0.05, 0.1) is 36.1 Å². The van der Waals surface area contributed by atoms with E-state index in [1.54, 1.807) is 47.0 Å². The Hall–Kier alpha value is -4.51. The van der Waals surface area contributed by atoms with Gasteiger partial charge in [0, 0.05) is 28.7 Å². The number of aliphatic hydroxyl groups is 1. The van der Waals surface area contributed by atoms with Crippen molar-refractivity contribution in [3.8, 4) is 11.4 Å². The second-order valence-corrected chi connectivity index (χ2v) is 7.87. The number of benzene rings is 2. The summed E-state index contributed by atoms with van der Waals surface area (Å²) >= 11 is 0. The van der Waals surface area contributed by atoms with E-state index >= 15 is 0 Å². The van der Waals surface area contributed by atoms with Crippen LogP contribution in [0.4, 0.5) is 15.0 Å². The van der Waals surface area contributed by atoms with Crippen LogP contribution >= 0.6 is 0 Å². The lowest BCUT2D eigenvalue weighted by molar-refractivity contribution is 0.208. The fourth-order valence-corrected chi connectivity index (χ4v) is 4.00. The highest BCUT2D eigenvalue weighted by molar-refractivity contribution is 5.89. The van der Waals surface area contributed by atoms with Crippen molar-refractivity contribution in [3.05, 3.63) is 72.4 Å². The van der Waals surface area contributed by atoms with E-state index < -0.39 is 18.0 Å². The first-order chi connectivity index (χ1) is 16.9. The van der Waals surface area contributed by atoms with Crippen molar-refractivity contribution in [3.63, 3.8) is 0 Å². The zero-order valence-corrected chi connectivity index (χ0v) is 18.6. The summed E-state index contributed by atoms with van der Waals surface area (Å²) in [6.07, 6.45) is 3.27. The van der Waals surface area contributed by atoms with E-state index in [1.165, 1.54) is 18.2 Å². The zero-order chi connectivity index (χ0) is 24.5. The summed E-state index contributed by atoms with van der Waals surface area (Å²) in [6, 6.07) is 11.2. The van der Waals surface area contributed by atoms with Crippen LogP contribution in [0.2, 0.25) is 0 Å². The fraction of sp³-hybridized carbons (Fsp3) is 0.167. The van der Waals surface area contributed by atoms with Crippen LogP contribution in [-0.4, -0.2) is 47.5 Å². The molecular weight excluding hydrogens is 455 g/mol. The molecular formula is C24H21FN6O4. The Balaban J connectivity index is 1.62. The van der Waals surface area contributed by atoms with Gasteiger partial charge in [-0.3, -0.25) is 10.00 Å². The summed E-state index contributed by atoms with van der Waals surface area (Å²) in [4.78, 5) is 15.7. The van der Waals surface area contributed by atoms with Gasteiger partial charge in [0.1, 0.15) is 11.9 Å². The second kappa shape index (κ2) is 9.03. The van der Waals surface area contributed by atoms with Crippen LogP contribution in [-0.2, 0) is 6.54 Å². The number of aliphatic hydroxyl groups excluding tert-OH is 1. The van der Waals surface area contributed by atoms with Crippen molar-refractivity contribution < 1.29 is 24.1 Å². The van der Waals surface area contributed by atoms with Gasteiger partial charge in [-0.2, -0.15) is 10.2 Å². The Morgan fingerprint density at radius 1 is 1.20 bits per heavy atom. The molecule has 0 fully saturated rings. The molecule has 0 spiro atoms. The summed E-state index contributed by atoms with van der Waals surface area (Å²) in [7, 11) is 0. The minimum atomic E-state index is -1.30. The molecule has 35 heavy (non-hydrogen) atoms. The smallest absolute Gasteiger partial charge is 0.410 e. The molecule has 3 aromatic heterocycles. The molecule has 0 aliphatic heterocycles. The number of hydrogen-bond donors (Lipinski definition) is 3. The molecule has 5 aromatic rings. The van der Waals surface area contributed by atoms with Gasteiger partial charge in [-0.05, 0) is 49.4 Å². The van der Waals surface area contributed by atoms with Crippen molar-refractivity contribution in [1.29, 1.82) is 0 Å². The number of nitrogens with one attached hydrogen (secondary N) is 1. The lowest BCUT2D eigenvalue weighted by Gasteiger charge is -2.21. The third-order valence-corrected chi connectivity index (χ3v) is 5.56. The van der Waals surface area contributed by atoms with Gasteiger partial charge in [0.2, 0.25) is 0 Å². The van der Waals surface area contributed by atoms with Crippen LogP contribution < -0.4 is 10.1 Å². The van der Waals surface area contributed by atoms with E-state index in [2.05, 4.69) is 20.5 Å². The molecule has 1 atom stereocenters. The predicted octanol–water partition coefficient (Wildman–Crippen LogP) is 4.13. The van der Waals surface area contributed by atoms with Crippen LogP contribution in [0.5, 0.6) is 5.75 Å². The third-order valence-electron chi connectivity index (χ3n) is 5.56. The van der Waals surface area contributed by atoms with Gasteiger partial charge < -0.3 is 14.9 Å². The van der Waals surface area contributed by atoms with Crippen LogP contribution in [0, 0.1) is 5.82 Å². The number of pyridine rings is 1. The number of anilines is 1. The normalized spacial score (nSPS) is 12.2. The fourth-order valence-electron chi connectivity index (χ4n) is 4.00. The Morgan fingerprint density at radius 2 is 2.06 bits per heavy atom. The van der Waals surface area contributed by atoms with Crippen LogP contribution in [0.15, 0.2) is 61.1 Å². The highest BCUT2D eigenvalue weighted by atomic mass is 19.1. The van der Waals surface area contributed by atoms with E-state index in [0.29, 0.717) is 17.4 Å². The third kappa shape index (κ3) is 4.36. The minimum absolute atomic E-state index is 0.00417. The summed E-state index contributed by atoms with van der Waals surface area (Å²) in [5, 5.41) is 31.0. The van der Waals surface area contributed by atoms with E-state index in [0.717, 1.165) is 22.2 Å². The predicted molar refractivity (Wildman–Crippen MR) is 126 cm³/mol. The molecule has 0 aliphatic rings. The lowest BCUT2D eigenvalue weighted by Crippen LogP contribution is -2.14. The molecule has 10 nitrogen and oxygen atoms in total. The average Bonchev–Trinajstić information content (AvgIpc) is 3.49. The van der Waals surface area contributed by atoms with E-state index in [1.807, 2.05) is 12.1 Å². The van der Waals surface area contributed by atoms with Gasteiger partial charge in [-0.15, -0.1) is 0 Å². The van der Waals surface area contributed by atoms with Crippen LogP contribution in [0.25, 0.3) is 27.5 Å². The Bertz CT molecular complexity index is 1530. The molecule has 0 bridgehead atoms. The highest BCUT2D eigenvalue weighted by Crippen LogP contribution is 2.34. The van der Waals surface area contributed by atoms with Crippen molar-refractivity contribution in [2.75, 3.05) is 11.9 Å². The van der Waals surface area contributed by atoms with Crippen molar-refractivity contribution in [1.82, 2.24) is 24.5 Å². The summed E-state index contributed by atoms with van der Waals surface area (Å²) in [6.45, 7) is 2.07. The Kier molecular flexibility index (Phi) is 5.75. The number of aromatic nitrogens is 5. The van der Waals surface area contributed by atoms with Gasteiger partial charge in [0.15, 0.2) is 11.6 Å². The van der Waals surface area contributed by atoms with E-state index in [-0.39, 0.29) is 18.2 Å². The standard InChI is InChI=1S/C24H21FN6O4/c1-14(35-22-11-15-9-17(25)3-4-19(15)28-23(22)29-24(33)34)18-12-20-16(13-27-31(20)7-8-32)10-21(18)30-6-2-5-26-30/h2-6,9-14,32H,7-8H2,1H3,(H,28,29)(H,33,34). The maximum absolute atomic E-state index is 13.8. The van der Waals surface area contributed by atoms with Crippen molar-refractivity contribution in [2.45, 2.75) is 19.6 Å². The topological polar surface area (TPSA) is 127 Å². The molecule has 178 valence electrons. The minimum Gasteiger partial charge on any atom is -0.482 e. The quantitative estimate of drug-likeness (QED) is 0.322. The molecule has 1 amide bonds. The monoisotopic (exact) mass is 476 g/mol. The number of nitrogens with zero attached hydrogens (tertiary/aromatic N) is 5. The second-order valence-electron chi connectivity index (χ2n) is 7.87. The Labute approximate surface area is 198 Å². The number of ether oxygens (including phenoxy) is 1. The van der Waals surface area contributed by atoms with E-state index in [9.17, 15) is 19.4 Å². The molecule has 0 saturated heterocycles. The summed E-state index contributed by atoms with van der Waals surface area (Å²) in [5.74, 6) is -0.301. The number of carbonyl (C=O) groups is 1. The van der Waals surface area contributed by atoms with Gasteiger partial charge >= 0.3 is 6.09 Å². The van der Waals surface area contributed by atoms with Gasteiger partial charge in [-0.1, -0.05) is 0 Å².